The van der Waals surface area contributed by atoms with Gasteiger partial charge in [0.05, 0.1) is 0 Å². The van der Waals surface area contributed by atoms with E-state index in [9.17, 15) is 9.90 Å². The number of phenolic OH excluding ortho intramolecular Hbond substituents is 1. The topological polar surface area (TPSA) is 46.5 Å². The van der Waals surface area contributed by atoms with E-state index in [1.807, 2.05) is 18.2 Å². The van der Waals surface area contributed by atoms with Crippen LogP contribution in [-0.2, 0) is 21.7 Å². The average Bonchev–Trinajstić information content (AvgIpc) is 2.57. The molecule has 0 amide bonds. The van der Waals surface area contributed by atoms with E-state index in [2.05, 4.69) is 89.2 Å². The Morgan fingerprint density at radius 2 is 1.22 bits per heavy atom. The Morgan fingerprint density at radius 3 is 1.66 bits per heavy atom. The fourth-order valence-corrected chi connectivity index (χ4v) is 3.97. The molecule has 0 spiro atoms. The van der Waals surface area contributed by atoms with Crippen LogP contribution in [0.5, 0.6) is 11.5 Å². The molecule has 2 aromatic carbocycles. The van der Waals surface area contributed by atoms with Gasteiger partial charge >= 0.3 is 5.97 Å². The second-order valence-corrected chi connectivity index (χ2v) is 13.0. The molecule has 0 saturated heterocycles. The van der Waals surface area contributed by atoms with Crippen molar-refractivity contribution in [1.82, 2.24) is 0 Å². The molecule has 0 heterocycles. The summed E-state index contributed by atoms with van der Waals surface area (Å²) in [5, 5.41) is 11.2. The van der Waals surface area contributed by atoms with Crippen molar-refractivity contribution in [2.45, 2.75) is 105 Å². The van der Waals surface area contributed by atoms with Gasteiger partial charge in [-0.3, -0.25) is 0 Å². The first-order chi connectivity index (χ1) is 14.2. The van der Waals surface area contributed by atoms with Gasteiger partial charge in [-0.25, -0.2) is 4.79 Å². The summed E-state index contributed by atoms with van der Waals surface area (Å²) in [6.45, 7) is 25.3. The maximum Gasteiger partial charge on any atom is 0.347 e. The molecule has 3 nitrogen and oxygen atoms in total. The lowest BCUT2D eigenvalue weighted by atomic mass is 9.74. The molecule has 176 valence electrons. The monoisotopic (exact) mass is 438 g/mol. The van der Waals surface area contributed by atoms with Crippen LogP contribution >= 0.6 is 0 Å². The number of hydrogen-bond acceptors (Lipinski definition) is 3. The third-order valence-corrected chi connectivity index (χ3v) is 5.81. The molecule has 0 aliphatic heterocycles. The number of hydrogen-bond donors (Lipinski definition) is 1. The van der Waals surface area contributed by atoms with Crippen LogP contribution in [0.2, 0.25) is 0 Å². The number of aromatic hydroxyl groups is 1. The normalized spacial score (nSPS) is 13.2. The SMILES string of the molecule is CC(C)(C)c1ccc(OC(=O)c2ccc(C(C)(C)C)c(C(C)(C)C)c2O)c(C(C)(C)C)c1. The molecule has 0 aromatic heterocycles. The Bertz CT molecular complexity index is 1000. The summed E-state index contributed by atoms with van der Waals surface area (Å²) in [6, 6.07) is 9.66. The summed E-state index contributed by atoms with van der Waals surface area (Å²) in [7, 11) is 0. The lowest BCUT2D eigenvalue weighted by molar-refractivity contribution is 0.0728. The predicted octanol–water partition coefficient (Wildman–Crippen LogP) is 7.80. The van der Waals surface area contributed by atoms with E-state index in [0.29, 0.717) is 5.75 Å². The molecule has 2 aromatic rings. The van der Waals surface area contributed by atoms with Gasteiger partial charge in [-0.1, -0.05) is 101 Å². The van der Waals surface area contributed by atoms with E-state index < -0.39 is 5.97 Å². The fourth-order valence-electron chi connectivity index (χ4n) is 3.97. The summed E-state index contributed by atoms with van der Waals surface area (Å²) in [6.07, 6.45) is 0. The summed E-state index contributed by atoms with van der Waals surface area (Å²) in [5.74, 6) is 0.00752. The smallest absolute Gasteiger partial charge is 0.347 e. The minimum atomic E-state index is -0.539. The Morgan fingerprint density at radius 1 is 0.688 bits per heavy atom. The third kappa shape index (κ3) is 5.54. The van der Waals surface area contributed by atoms with Gasteiger partial charge in [0.25, 0.3) is 0 Å². The first-order valence-electron chi connectivity index (χ1n) is 11.5. The molecular formula is C29H42O3. The molecule has 0 aliphatic carbocycles. The maximum atomic E-state index is 13.3. The van der Waals surface area contributed by atoms with Crippen molar-refractivity contribution >= 4 is 5.97 Å². The Kier molecular flexibility index (Phi) is 6.69. The molecule has 0 bridgehead atoms. The number of carbonyl (C=O) groups excluding carboxylic acids is 1. The zero-order chi connectivity index (χ0) is 24.9. The van der Waals surface area contributed by atoms with E-state index in [0.717, 1.165) is 16.7 Å². The molecule has 0 fully saturated rings. The lowest BCUT2D eigenvalue weighted by Crippen LogP contribution is -2.24. The standard InChI is InChI=1S/C29H42O3/c1-26(2,3)18-13-16-22(21(17-18)28(7,8)9)32-25(31)19-14-15-20(27(4,5)6)23(24(19)30)29(10,11)12/h13-17,30H,1-12H3. The molecular weight excluding hydrogens is 396 g/mol. The minimum Gasteiger partial charge on any atom is -0.507 e. The number of rotatable bonds is 2. The molecule has 0 unspecified atom stereocenters. The largest absolute Gasteiger partial charge is 0.507 e. The minimum absolute atomic E-state index is 0.00873. The second kappa shape index (κ2) is 8.24. The van der Waals surface area contributed by atoms with Crippen LogP contribution < -0.4 is 4.74 Å². The van der Waals surface area contributed by atoms with Crippen molar-refractivity contribution in [2.24, 2.45) is 0 Å². The van der Waals surface area contributed by atoms with Crippen LogP contribution in [0.1, 0.15) is 116 Å². The zero-order valence-electron chi connectivity index (χ0n) is 22.2. The van der Waals surface area contributed by atoms with Crippen LogP contribution in [0.4, 0.5) is 0 Å². The number of phenols is 1. The summed E-state index contributed by atoms with van der Waals surface area (Å²) in [4.78, 5) is 13.3. The van der Waals surface area contributed by atoms with E-state index in [4.69, 9.17) is 4.74 Å². The molecule has 32 heavy (non-hydrogen) atoms. The van der Waals surface area contributed by atoms with Gasteiger partial charge in [-0.05, 0) is 44.9 Å². The summed E-state index contributed by atoms with van der Waals surface area (Å²) in [5.41, 5.74) is 3.48. The molecule has 2 rings (SSSR count). The van der Waals surface area contributed by atoms with Crippen LogP contribution in [0.3, 0.4) is 0 Å². The highest BCUT2D eigenvalue weighted by Crippen LogP contribution is 2.42. The molecule has 3 heteroatoms. The molecule has 0 atom stereocenters. The van der Waals surface area contributed by atoms with Crippen LogP contribution in [0, 0.1) is 0 Å². The van der Waals surface area contributed by atoms with Crippen molar-refractivity contribution in [3.05, 3.63) is 58.1 Å². The quantitative estimate of drug-likeness (QED) is 0.384. The summed E-state index contributed by atoms with van der Waals surface area (Å²) >= 11 is 0. The van der Waals surface area contributed by atoms with Gasteiger partial charge in [-0.2, -0.15) is 0 Å². The van der Waals surface area contributed by atoms with Gasteiger partial charge in [-0.15, -0.1) is 0 Å². The van der Waals surface area contributed by atoms with E-state index in [1.54, 1.807) is 6.07 Å². The van der Waals surface area contributed by atoms with Crippen molar-refractivity contribution in [3.8, 4) is 11.5 Å². The third-order valence-electron chi connectivity index (χ3n) is 5.81. The Balaban J connectivity index is 2.59. The number of carbonyl (C=O) groups is 1. The van der Waals surface area contributed by atoms with E-state index in [-0.39, 0.29) is 33.0 Å². The first kappa shape index (κ1) is 26.0. The molecule has 1 N–H and O–H groups in total. The Hall–Kier alpha value is -2.29. The van der Waals surface area contributed by atoms with Gasteiger partial charge < -0.3 is 9.84 Å². The fraction of sp³-hybridized carbons (Fsp3) is 0.552. The Labute approximate surface area is 195 Å². The molecule has 0 saturated carbocycles. The highest BCUT2D eigenvalue weighted by atomic mass is 16.5. The van der Waals surface area contributed by atoms with Gasteiger partial charge in [0, 0.05) is 11.1 Å². The number of esters is 1. The lowest BCUT2D eigenvalue weighted by Gasteiger charge is -2.31. The van der Waals surface area contributed by atoms with Crippen molar-refractivity contribution in [3.63, 3.8) is 0 Å². The predicted molar refractivity (Wildman–Crippen MR) is 134 cm³/mol. The van der Waals surface area contributed by atoms with Gasteiger partial charge in [0.15, 0.2) is 0 Å². The second-order valence-electron chi connectivity index (χ2n) is 13.0. The zero-order valence-corrected chi connectivity index (χ0v) is 22.2. The number of ether oxygens (including phenoxy) is 1. The number of benzene rings is 2. The average molecular weight is 439 g/mol. The van der Waals surface area contributed by atoms with Crippen LogP contribution in [0.15, 0.2) is 30.3 Å². The molecule has 0 aliphatic rings. The van der Waals surface area contributed by atoms with Gasteiger partial charge in [0.1, 0.15) is 17.1 Å². The first-order valence-corrected chi connectivity index (χ1v) is 11.5. The van der Waals surface area contributed by atoms with Crippen molar-refractivity contribution in [2.75, 3.05) is 0 Å². The van der Waals surface area contributed by atoms with Crippen molar-refractivity contribution in [1.29, 1.82) is 0 Å². The van der Waals surface area contributed by atoms with E-state index in [1.165, 1.54) is 5.56 Å². The highest BCUT2D eigenvalue weighted by molar-refractivity contribution is 5.95. The molecule has 0 radical (unpaired) electrons. The van der Waals surface area contributed by atoms with E-state index >= 15 is 0 Å². The van der Waals surface area contributed by atoms with Crippen molar-refractivity contribution < 1.29 is 14.6 Å². The highest BCUT2D eigenvalue weighted by Gasteiger charge is 2.32. The van der Waals surface area contributed by atoms with Gasteiger partial charge in [0.2, 0.25) is 0 Å². The van der Waals surface area contributed by atoms with Crippen LogP contribution in [0.25, 0.3) is 0 Å². The summed E-state index contributed by atoms with van der Waals surface area (Å²) < 4.78 is 5.90. The maximum absolute atomic E-state index is 13.3. The van der Waals surface area contributed by atoms with Crippen LogP contribution in [-0.4, -0.2) is 11.1 Å².